The molecule has 3 rings (SSSR count). The van der Waals surface area contributed by atoms with Crippen molar-refractivity contribution in [1.82, 2.24) is 4.72 Å². The first-order valence-electron chi connectivity index (χ1n) is 9.82. The molecule has 1 heterocycles. The first-order chi connectivity index (χ1) is 13.3. The molecule has 5 nitrogen and oxygen atoms in total. The average molecular weight is 425 g/mol. The van der Waals surface area contributed by atoms with Crippen molar-refractivity contribution in [1.29, 1.82) is 0 Å². The third kappa shape index (κ3) is 7.91. The van der Waals surface area contributed by atoms with Gasteiger partial charge < -0.3 is 4.90 Å². The largest absolute Gasteiger partial charge is 0.371 e. The Bertz CT molecular complexity index is 800. The van der Waals surface area contributed by atoms with Gasteiger partial charge in [-0.2, -0.15) is 13.1 Å². The van der Waals surface area contributed by atoms with E-state index < -0.39 is 10.3 Å². The zero-order chi connectivity index (χ0) is 20.6. The van der Waals surface area contributed by atoms with Crippen LogP contribution in [0.3, 0.4) is 0 Å². The predicted octanol–water partition coefficient (Wildman–Crippen LogP) is 4.84. The van der Waals surface area contributed by atoms with Crippen LogP contribution in [0.15, 0.2) is 41.8 Å². The Morgan fingerprint density at radius 3 is 2.36 bits per heavy atom. The lowest BCUT2D eigenvalue weighted by Gasteiger charge is -2.27. The van der Waals surface area contributed by atoms with Crippen LogP contribution in [0.5, 0.6) is 0 Å². The summed E-state index contributed by atoms with van der Waals surface area (Å²) in [5.41, 5.74) is 2.76. The minimum atomic E-state index is -3.97. The number of likely N-dealkylation sites (N-methyl/N-ethyl adjacent to an activating group) is 1. The molecular weight excluding hydrogens is 392 g/mol. The Hall–Kier alpha value is -1.41. The third-order valence-electron chi connectivity index (χ3n) is 5.17. The van der Waals surface area contributed by atoms with E-state index in [1.807, 2.05) is 11.3 Å². The van der Waals surface area contributed by atoms with Crippen molar-refractivity contribution in [3.8, 4) is 0 Å². The maximum Gasteiger partial charge on any atom is 0.333 e. The van der Waals surface area contributed by atoms with Gasteiger partial charge in [0.1, 0.15) is 0 Å². The van der Waals surface area contributed by atoms with Gasteiger partial charge in [-0.1, -0.05) is 49.6 Å². The summed E-state index contributed by atoms with van der Waals surface area (Å²) in [5.74, 6) is 0. The molecule has 0 amide bonds. The van der Waals surface area contributed by atoms with Crippen LogP contribution in [-0.4, -0.2) is 32.1 Å². The maximum absolute atomic E-state index is 10.3. The lowest BCUT2D eigenvalue weighted by Crippen LogP contribution is -2.35. The Morgan fingerprint density at radius 2 is 1.82 bits per heavy atom. The average Bonchev–Trinajstić information content (AvgIpc) is 3.08. The molecule has 0 spiro atoms. The monoisotopic (exact) mass is 424 g/mol. The molecule has 1 unspecified atom stereocenters. The van der Waals surface area contributed by atoms with Crippen molar-refractivity contribution < 1.29 is 13.0 Å². The summed E-state index contributed by atoms with van der Waals surface area (Å²) in [7, 11) is -1.79. The van der Waals surface area contributed by atoms with Crippen LogP contribution in [0, 0.1) is 6.92 Å². The number of rotatable bonds is 6. The van der Waals surface area contributed by atoms with Crippen LogP contribution in [0.1, 0.15) is 49.5 Å². The molecule has 1 aliphatic rings. The number of anilines is 1. The minimum absolute atomic E-state index is 0.0428. The fraction of sp³-hybridized carbons (Fsp3) is 0.524. The Kier molecular flexibility index (Phi) is 8.95. The molecule has 1 aromatic carbocycles. The summed E-state index contributed by atoms with van der Waals surface area (Å²) in [5, 5.41) is 2.16. The lowest BCUT2D eigenvalue weighted by atomic mass is 9.96. The summed E-state index contributed by atoms with van der Waals surface area (Å²) in [6, 6.07) is 13.4. The van der Waals surface area contributed by atoms with Gasteiger partial charge in [0.2, 0.25) is 0 Å². The van der Waals surface area contributed by atoms with Gasteiger partial charge in [0, 0.05) is 24.0 Å². The molecule has 1 aromatic heterocycles. The Labute approximate surface area is 173 Å². The Balaban J connectivity index is 0.000000221. The minimum Gasteiger partial charge on any atom is -0.371 e. The summed E-state index contributed by atoms with van der Waals surface area (Å²) in [6.45, 7) is 4.47. The van der Waals surface area contributed by atoms with Crippen LogP contribution in [0.25, 0.3) is 0 Å². The van der Waals surface area contributed by atoms with Crippen molar-refractivity contribution >= 4 is 27.3 Å². The van der Waals surface area contributed by atoms with E-state index in [4.69, 9.17) is 4.55 Å². The number of nitrogens with one attached hydrogen (secondary N) is 1. The molecule has 1 aliphatic carbocycles. The van der Waals surface area contributed by atoms with Crippen molar-refractivity contribution in [2.75, 3.05) is 11.9 Å². The molecule has 0 radical (unpaired) electrons. The van der Waals surface area contributed by atoms with Gasteiger partial charge in [0.15, 0.2) is 0 Å². The molecular formula is C21H32N2O3S2. The van der Waals surface area contributed by atoms with E-state index >= 15 is 0 Å². The quantitative estimate of drug-likeness (QED) is 0.651. The number of thiophene rings is 1. The summed E-state index contributed by atoms with van der Waals surface area (Å²) >= 11 is 1.81. The van der Waals surface area contributed by atoms with Gasteiger partial charge in [-0.05, 0) is 50.1 Å². The van der Waals surface area contributed by atoms with Crippen LogP contribution < -0.4 is 9.62 Å². The molecule has 7 heteroatoms. The number of hydrogen-bond donors (Lipinski definition) is 2. The molecule has 0 aliphatic heterocycles. The number of nitrogens with zero attached hydrogens (tertiary/aromatic N) is 1. The molecule has 0 saturated heterocycles. The van der Waals surface area contributed by atoms with E-state index in [0.29, 0.717) is 6.04 Å². The normalized spacial score (nSPS) is 16.1. The first-order valence-corrected chi connectivity index (χ1v) is 12.1. The van der Waals surface area contributed by atoms with Crippen molar-refractivity contribution in [3.63, 3.8) is 0 Å². The molecule has 2 N–H and O–H groups in total. The van der Waals surface area contributed by atoms with Crippen LogP contribution in [-0.2, 0) is 16.7 Å². The van der Waals surface area contributed by atoms with Crippen LogP contribution >= 0.6 is 11.3 Å². The second-order valence-electron chi connectivity index (χ2n) is 7.44. The smallest absolute Gasteiger partial charge is 0.333 e. The number of benzene rings is 1. The number of aryl methyl sites for hydroxylation is 1. The number of hydrogen-bond acceptors (Lipinski definition) is 4. The van der Waals surface area contributed by atoms with E-state index in [0.717, 1.165) is 32.1 Å². The molecule has 28 heavy (non-hydrogen) atoms. The summed E-state index contributed by atoms with van der Waals surface area (Å²) < 4.78 is 31.3. The van der Waals surface area contributed by atoms with E-state index in [2.05, 4.69) is 72.3 Å². The second-order valence-corrected chi connectivity index (χ2v) is 9.75. The topological polar surface area (TPSA) is 69.6 Å². The molecule has 1 atom stereocenters. The fourth-order valence-corrected chi connectivity index (χ4v) is 4.90. The molecule has 2 aromatic rings. The molecule has 156 valence electrons. The van der Waals surface area contributed by atoms with Gasteiger partial charge in [-0.15, -0.1) is 11.3 Å². The molecule has 1 saturated carbocycles. The highest BCUT2D eigenvalue weighted by atomic mass is 32.2. The second kappa shape index (κ2) is 11.0. The summed E-state index contributed by atoms with van der Waals surface area (Å²) in [4.78, 5) is 3.77. The van der Waals surface area contributed by atoms with Gasteiger partial charge in [0.25, 0.3) is 0 Å². The highest BCUT2D eigenvalue weighted by Crippen LogP contribution is 2.26. The lowest BCUT2D eigenvalue weighted by molar-refractivity contribution is 0.389. The van der Waals surface area contributed by atoms with Gasteiger partial charge in [0.05, 0.1) is 5.69 Å². The maximum atomic E-state index is 10.3. The fourth-order valence-electron chi connectivity index (χ4n) is 3.50. The van der Waals surface area contributed by atoms with E-state index in [1.54, 1.807) is 0 Å². The van der Waals surface area contributed by atoms with E-state index in [-0.39, 0.29) is 6.04 Å². The van der Waals surface area contributed by atoms with Crippen LogP contribution in [0.4, 0.5) is 5.69 Å². The van der Waals surface area contributed by atoms with Gasteiger partial charge >= 0.3 is 10.3 Å². The predicted molar refractivity (Wildman–Crippen MR) is 119 cm³/mol. The van der Waals surface area contributed by atoms with Gasteiger partial charge in [-0.3, -0.25) is 4.55 Å². The van der Waals surface area contributed by atoms with Crippen molar-refractivity contribution in [2.45, 2.75) is 64.5 Å². The molecule has 1 fully saturated rings. The SMILES string of the molecule is Cc1sccc1N(C)C(C)Cc1ccccc1.O=S(=O)(O)NC1CCCCC1. The Morgan fingerprint density at radius 1 is 1.18 bits per heavy atom. The highest BCUT2D eigenvalue weighted by molar-refractivity contribution is 7.83. The van der Waals surface area contributed by atoms with Crippen molar-refractivity contribution in [3.05, 3.63) is 52.2 Å². The highest BCUT2D eigenvalue weighted by Gasteiger charge is 2.17. The standard InChI is InChI=1S/C15H19NS.C6H13NO3S/c1-12(11-14-7-5-4-6-8-14)16(3)15-9-10-17-13(15)2;8-11(9,10)7-6-4-2-1-3-5-6/h4-10,12H,11H2,1-3H3;6-7H,1-5H2,(H,8,9,10). The summed E-state index contributed by atoms with van der Waals surface area (Å²) in [6.07, 6.45) is 6.05. The van der Waals surface area contributed by atoms with E-state index in [9.17, 15) is 8.42 Å². The molecule has 0 bridgehead atoms. The van der Waals surface area contributed by atoms with Crippen LogP contribution in [0.2, 0.25) is 0 Å². The first kappa shape index (κ1) is 22.9. The zero-order valence-electron chi connectivity index (χ0n) is 17.0. The van der Waals surface area contributed by atoms with E-state index in [1.165, 1.54) is 22.5 Å². The third-order valence-corrected chi connectivity index (χ3v) is 6.63. The van der Waals surface area contributed by atoms with Gasteiger partial charge in [-0.25, -0.2) is 0 Å². The zero-order valence-corrected chi connectivity index (χ0v) is 18.6. The van der Waals surface area contributed by atoms with Crippen molar-refractivity contribution in [2.24, 2.45) is 0 Å².